The Hall–Kier alpha value is -2.17. The van der Waals surface area contributed by atoms with Crippen LogP contribution in [0.25, 0.3) is 0 Å². The van der Waals surface area contributed by atoms with Crippen LogP contribution in [0.2, 0.25) is 0 Å². The van der Waals surface area contributed by atoms with Crippen molar-refractivity contribution in [2.24, 2.45) is 4.99 Å². The summed E-state index contributed by atoms with van der Waals surface area (Å²) >= 11 is 0.966. The summed E-state index contributed by atoms with van der Waals surface area (Å²) in [7, 11) is 0. The predicted molar refractivity (Wildman–Crippen MR) is 111 cm³/mol. The van der Waals surface area contributed by atoms with Gasteiger partial charge in [0.05, 0.1) is 32.9 Å². The third kappa shape index (κ3) is 8.68. The van der Waals surface area contributed by atoms with Gasteiger partial charge in [-0.3, -0.25) is 0 Å². The van der Waals surface area contributed by atoms with E-state index in [0.29, 0.717) is 50.5 Å². The number of aliphatic imine (C=N–C) groups is 1. The first-order chi connectivity index (χ1) is 14.4. The van der Waals surface area contributed by atoms with Crippen LogP contribution in [-0.2, 0) is 35.3 Å². The summed E-state index contributed by atoms with van der Waals surface area (Å²) in [4.78, 5) is 8.12. The van der Waals surface area contributed by atoms with Gasteiger partial charge in [-0.15, -0.1) is 11.3 Å². The van der Waals surface area contributed by atoms with Crippen LogP contribution in [0.4, 0.5) is 13.2 Å². The SMILES string of the molecule is CCNC(=NCc1cccc(COCCOCC)c1)NCc1nc(C(F)(F)F)cs1. The van der Waals surface area contributed by atoms with Gasteiger partial charge in [0.15, 0.2) is 11.7 Å². The molecule has 0 fully saturated rings. The maximum absolute atomic E-state index is 12.7. The second-order valence-corrected chi connectivity index (χ2v) is 7.19. The Morgan fingerprint density at radius 3 is 2.60 bits per heavy atom. The van der Waals surface area contributed by atoms with E-state index in [4.69, 9.17) is 9.47 Å². The Balaban J connectivity index is 1.89. The van der Waals surface area contributed by atoms with Gasteiger partial charge in [0.25, 0.3) is 0 Å². The van der Waals surface area contributed by atoms with E-state index in [1.807, 2.05) is 38.1 Å². The van der Waals surface area contributed by atoms with Gasteiger partial charge < -0.3 is 20.1 Å². The van der Waals surface area contributed by atoms with E-state index < -0.39 is 11.9 Å². The van der Waals surface area contributed by atoms with Crippen LogP contribution in [-0.4, -0.2) is 37.3 Å². The first kappa shape index (κ1) is 24.1. The molecule has 1 heterocycles. The Labute approximate surface area is 178 Å². The van der Waals surface area contributed by atoms with Crippen LogP contribution in [0.1, 0.15) is 35.7 Å². The molecular formula is C20H27F3N4O2S. The second-order valence-electron chi connectivity index (χ2n) is 6.24. The first-order valence-electron chi connectivity index (χ1n) is 9.69. The molecule has 0 spiro atoms. The molecule has 2 N–H and O–H groups in total. The monoisotopic (exact) mass is 444 g/mol. The smallest absolute Gasteiger partial charge is 0.379 e. The number of hydrogen-bond donors (Lipinski definition) is 2. The van der Waals surface area contributed by atoms with E-state index in [1.54, 1.807) is 0 Å². The zero-order valence-corrected chi connectivity index (χ0v) is 17.9. The molecule has 0 aliphatic heterocycles. The van der Waals surface area contributed by atoms with Crippen molar-refractivity contribution >= 4 is 17.3 Å². The molecular weight excluding hydrogens is 417 g/mol. The minimum absolute atomic E-state index is 0.167. The topological polar surface area (TPSA) is 67.8 Å². The third-order valence-corrected chi connectivity index (χ3v) is 4.70. The molecule has 0 bridgehead atoms. The second kappa shape index (κ2) is 12.5. The molecule has 2 rings (SSSR count). The van der Waals surface area contributed by atoms with Crippen LogP contribution >= 0.6 is 11.3 Å². The average molecular weight is 445 g/mol. The van der Waals surface area contributed by atoms with Gasteiger partial charge in [0.1, 0.15) is 5.01 Å². The summed E-state index contributed by atoms with van der Waals surface area (Å²) in [6, 6.07) is 7.91. The highest BCUT2D eigenvalue weighted by molar-refractivity contribution is 7.09. The van der Waals surface area contributed by atoms with Crippen molar-refractivity contribution in [3.05, 3.63) is 51.5 Å². The lowest BCUT2D eigenvalue weighted by Gasteiger charge is -2.10. The number of thiazole rings is 1. The van der Waals surface area contributed by atoms with Crippen molar-refractivity contribution in [1.82, 2.24) is 15.6 Å². The zero-order chi connectivity index (χ0) is 21.8. The molecule has 0 saturated carbocycles. The number of halogens is 3. The van der Waals surface area contributed by atoms with Crippen molar-refractivity contribution < 1.29 is 22.6 Å². The highest BCUT2D eigenvalue weighted by Gasteiger charge is 2.33. The minimum Gasteiger partial charge on any atom is -0.379 e. The maximum Gasteiger partial charge on any atom is 0.434 e. The standard InChI is InChI=1S/C20H27F3N4O2S/c1-3-24-19(26-12-18-27-17(14-30-18)20(21,22)23)25-11-15-6-5-7-16(10-15)13-29-9-8-28-4-2/h5-7,10,14H,3-4,8-9,11-13H2,1-2H3,(H2,24,25,26). The first-order valence-corrected chi connectivity index (χ1v) is 10.6. The van der Waals surface area contributed by atoms with Gasteiger partial charge in [0, 0.05) is 18.5 Å². The number of guanidine groups is 1. The van der Waals surface area contributed by atoms with Crippen molar-refractivity contribution in [2.75, 3.05) is 26.4 Å². The molecule has 0 aliphatic carbocycles. The Morgan fingerprint density at radius 1 is 1.13 bits per heavy atom. The molecule has 1 aromatic carbocycles. The van der Waals surface area contributed by atoms with E-state index in [9.17, 15) is 13.2 Å². The summed E-state index contributed by atoms with van der Waals surface area (Å²) in [5.41, 5.74) is 1.18. The lowest BCUT2D eigenvalue weighted by atomic mass is 10.1. The van der Waals surface area contributed by atoms with E-state index in [1.165, 1.54) is 0 Å². The number of hydrogen-bond acceptors (Lipinski definition) is 5. The van der Waals surface area contributed by atoms with Crippen molar-refractivity contribution in [2.45, 2.75) is 39.7 Å². The molecule has 30 heavy (non-hydrogen) atoms. The number of aromatic nitrogens is 1. The van der Waals surface area contributed by atoms with Crippen molar-refractivity contribution in [1.29, 1.82) is 0 Å². The molecule has 0 saturated heterocycles. The number of rotatable bonds is 11. The quantitative estimate of drug-likeness (QED) is 0.312. The van der Waals surface area contributed by atoms with Crippen LogP contribution in [0.3, 0.4) is 0 Å². The average Bonchev–Trinajstić information content (AvgIpc) is 3.20. The van der Waals surface area contributed by atoms with E-state index in [2.05, 4.69) is 20.6 Å². The fourth-order valence-electron chi connectivity index (χ4n) is 2.46. The normalized spacial score (nSPS) is 12.2. The van der Waals surface area contributed by atoms with Gasteiger partial charge in [-0.1, -0.05) is 24.3 Å². The Morgan fingerprint density at radius 2 is 1.90 bits per heavy atom. The lowest BCUT2D eigenvalue weighted by Crippen LogP contribution is -2.36. The molecule has 10 heteroatoms. The number of nitrogens with one attached hydrogen (secondary N) is 2. The lowest BCUT2D eigenvalue weighted by molar-refractivity contribution is -0.140. The van der Waals surface area contributed by atoms with E-state index >= 15 is 0 Å². The summed E-state index contributed by atoms with van der Waals surface area (Å²) in [6.07, 6.45) is -4.43. The highest BCUT2D eigenvalue weighted by Crippen LogP contribution is 2.29. The number of ether oxygens (including phenoxy) is 2. The summed E-state index contributed by atoms with van der Waals surface area (Å²) in [5.74, 6) is 0.514. The summed E-state index contributed by atoms with van der Waals surface area (Å²) < 4.78 is 48.8. The Bertz CT molecular complexity index is 796. The fourth-order valence-corrected chi connectivity index (χ4v) is 3.20. The van der Waals surface area contributed by atoms with Crippen LogP contribution in [0.15, 0.2) is 34.6 Å². The van der Waals surface area contributed by atoms with E-state index in [-0.39, 0.29) is 6.54 Å². The molecule has 6 nitrogen and oxygen atoms in total. The van der Waals surface area contributed by atoms with Gasteiger partial charge >= 0.3 is 6.18 Å². The summed E-state index contributed by atoms with van der Waals surface area (Å²) in [5, 5.41) is 7.47. The fraction of sp³-hybridized carbons (Fsp3) is 0.500. The minimum atomic E-state index is -4.43. The molecule has 0 unspecified atom stereocenters. The molecule has 0 radical (unpaired) electrons. The van der Waals surface area contributed by atoms with Crippen LogP contribution in [0.5, 0.6) is 0 Å². The molecule has 1 aromatic heterocycles. The molecule has 0 amide bonds. The number of nitrogens with zero attached hydrogens (tertiary/aromatic N) is 2. The maximum atomic E-state index is 12.7. The van der Waals surface area contributed by atoms with Gasteiger partial charge in [-0.25, -0.2) is 9.98 Å². The van der Waals surface area contributed by atoms with Crippen molar-refractivity contribution in [3.8, 4) is 0 Å². The third-order valence-electron chi connectivity index (χ3n) is 3.85. The van der Waals surface area contributed by atoms with Crippen LogP contribution in [0, 0.1) is 0 Å². The largest absolute Gasteiger partial charge is 0.434 e. The van der Waals surface area contributed by atoms with E-state index in [0.717, 1.165) is 27.8 Å². The molecule has 0 atom stereocenters. The molecule has 0 aliphatic rings. The Kier molecular flexibility index (Phi) is 10.0. The van der Waals surface area contributed by atoms with Gasteiger partial charge in [-0.2, -0.15) is 13.2 Å². The predicted octanol–water partition coefficient (Wildman–Crippen LogP) is 3.97. The van der Waals surface area contributed by atoms with Crippen LogP contribution < -0.4 is 10.6 Å². The van der Waals surface area contributed by atoms with Crippen molar-refractivity contribution in [3.63, 3.8) is 0 Å². The summed E-state index contributed by atoms with van der Waals surface area (Å²) in [6.45, 7) is 7.36. The highest BCUT2D eigenvalue weighted by atomic mass is 32.1. The molecule has 166 valence electrons. The van der Waals surface area contributed by atoms with Gasteiger partial charge in [0.2, 0.25) is 0 Å². The van der Waals surface area contributed by atoms with Gasteiger partial charge in [-0.05, 0) is 25.0 Å². The number of alkyl halides is 3. The zero-order valence-electron chi connectivity index (χ0n) is 17.1. The number of benzene rings is 1. The molecule has 2 aromatic rings.